The highest BCUT2D eigenvalue weighted by Crippen LogP contribution is 2.35. The van der Waals surface area contributed by atoms with Gasteiger partial charge in [-0.2, -0.15) is 0 Å². The van der Waals surface area contributed by atoms with Crippen molar-refractivity contribution < 1.29 is 18.4 Å². The molecule has 5 nitrogen and oxygen atoms in total. The first kappa shape index (κ1) is 18.3. The monoisotopic (exact) mass is 475 g/mol. The van der Waals surface area contributed by atoms with E-state index in [4.69, 9.17) is 0 Å². The largest absolute Gasteiger partial charge is 0.281 e. The molecule has 0 N–H and O–H groups in total. The number of aromatic nitrogens is 2. The number of unbranched alkanes of at least 4 members (excludes halogenated alkanes) is 3. The number of imide groups is 1. The molecule has 0 aliphatic carbocycles. The number of carbonyl (C=O) groups is 2. The molecule has 9 heteroatoms. The first-order valence-corrected chi connectivity index (χ1v) is 9.37. The van der Waals surface area contributed by atoms with Crippen LogP contribution in [0.15, 0.2) is 8.95 Å². The molecule has 1 aromatic heterocycles. The zero-order valence-electron chi connectivity index (χ0n) is 13.2. The van der Waals surface area contributed by atoms with Gasteiger partial charge in [0, 0.05) is 6.54 Å². The highest BCUT2D eigenvalue weighted by Gasteiger charge is 2.39. The molecule has 0 saturated heterocycles. The summed E-state index contributed by atoms with van der Waals surface area (Å²) in [4.78, 5) is 34.2. The highest BCUT2D eigenvalue weighted by atomic mass is 79.9. The van der Waals surface area contributed by atoms with E-state index >= 15 is 0 Å². The molecule has 3 rings (SSSR count). The van der Waals surface area contributed by atoms with Crippen LogP contribution in [0.1, 0.15) is 53.6 Å². The Morgan fingerprint density at radius 1 is 0.880 bits per heavy atom. The van der Waals surface area contributed by atoms with Crippen LogP contribution in [-0.2, 0) is 0 Å². The number of rotatable bonds is 5. The summed E-state index contributed by atoms with van der Waals surface area (Å²) < 4.78 is 27.3. The van der Waals surface area contributed by atoms with Crippen molar-refractivity contribution in [2.45, 2.75) is 32.6 Å². The molecule has 0 bridgehead atoms. The van der Waals surface area contributed by atoms with Gasteiger partial charge in [0.25, 0.3) is 11.8 Å². The summed E-state index contributed by atoms with van der Waals surface area (Å²) in [5, 5.41) is 0. The van der Waals surface area contributed by atoms with E-state index in [1.807, 2.05) is 0 Å². The number of hydrogen-bond donors (Lipinski definition) is 0. The Morgan fingerprint density at radius 2 is 1.36 bits per heavy atom. The predicted octanol–water partition coefficient (Wildman–Crippen LogP) is 4.61. The predicted molar refractivity (Wildman–Crippen MR) is 94.4 cm³/mol. The van der Waals surface area contributed by atoms with Crippen molar-refractivity contribution in [1.29, 1.82) is 0 Å². The van der Waals surface area contributed by atoms with Crippen LogP contribution in [0.4, 0.5) is 8.78 Å². The van der Waals surface area contributed by atoms with E-state index in [1.54, 1.807) is 0 Å². The van der Waals surface area contributed by atoms with Gasteiger partial charge in [-0.15, -0.1) is 0 Å². The van der Waals surface area contributed by atoms with E-state index in [9.17, 15) is 18.4 Å². The molecular weight excluding hydrogens is 464 g/mol. The summed E-state index contributed by atoms with van der Waals surface area (Å²) in [7, 11) is 0. The van der Waals surface area contributed by atoms with E-state index in [1.165, 1.54) is 0 Å². The Balaban J connectivity index is 2.05. The molecule has 1 aliphatic heterocycles. The minimum atomic E-state index is -1.14. The molecule has 1 aromatic carbocycles. The van der Waals surface area contributed by atoms with Crippen molar-refractivity contribution in [2.24, 2.45) is 0 Å². The Kier molecular flexibility index (Phi) is 5.15. The zero-order valence-corrected chi connectivity index (χ0v) is 16.4. The van der Waals surface area contributed by atoms with Crippen molar-refractivity contribution >= 4 is 54.7 Å². The normalized spacial score (nSPS) is 13.9. The van der Waals surface area contributed by atoms with Crippen molar-refractivity contribution in [2.75, 3.05) is 6.54 Å². The van der Waals surface area contributed by atoms with Crippen LogP contribution < -0.4 is 0 Å². The summed E-state index contributed by atoms with van der Waals surface area (Å²) in [6, 6.07) is 0. The Morgan fingerprint density at radius 3 is 1.80 bits per heavy atom. The van der Waals surface area contributed by atoms with Gasteiger partial charge in [0.05, 0.1) is 8.95 Å². The third-order valence-electron chi connectivity index (χ3n) is 4.02. The first-order valence-electron chi connectivity index (χ1n) is 7.78. The quantitative estimate of drug-likeness (QED) is 0.273. The SMILES string of the molecule is CCCCCCN1C(=O)c2nc3c(Br)c(F)c(F)c(Br)c3nc2C1=O. The molecule has 0 atom stereocenters. The fourth-order valence-electron chi connectivity index (χ4n) is 2.69. The molecular formula is C16H13Br2F2N3O2. The second-order valence-electron chi connectivity index (χ2n) is 5.70. The average molecular weight is 477 g/mol. The number of fused-ring (bicyclic) bond motifs is 2. The smallest absolute Gasteiger partial charge is 0.272 e. The van der Waals surface area contributed by atoms with Gasteiger partial charge in [-0.3, -0.25) is 14.5 Å². The van der Waals surface area contributed by atoms with Crippen molar-refractivity contribution in [3.8, 4) is 0 Å². The molecule has 2 heterocycles. The minimum absolute atomic E-state index is 0.0153. The number of amides is 2. The van der Waals surface area contributed by atoms with Gasteiger partial charge in [0.15, 0.2) is 23.0 Å². The molecule has 25 heavy (non-hydrogen) atoms. The standard InChI is InChI=1S/C16H13Br2F2N3O2/c1-2-3-4-5-6-23-15(24)13-14(16(23)25)22-12-8(18)10(20)9(19)7(17)11(12)21-13/h2-6H2,1H3. The second-order valence-corrected chi connectivity index (χ2v) is 7.28. The van der Waals surface area contributed by atoms with Gasteiger partial charge in [-0.1, -0.05) is 26.2 Å². The van der Waals surface area contributed by atoms with E-state index in [0.29, 0.717) is 6.42 Å². The van der Waals surface area contributed by atoms with Crippen LogP contribution >= 0.6 is 31.9 Å². The molecule has 1 aliphatic rings. The molecule has 0 radical (unpaired) electrons. The van der Waals surface area contributed by atoms with Gasteiger partial charge in [0.2, 0.25) is 0 Å². The third-order valence-corrected chi connectivity index (χ3v) is 5.47. The molecule has 0 spiro atoms. The summed E-state index contributed by atoms with van der Waals surface area (Å²) in [5.41, 5.74) is -0.296. The van der Waals surface area contributed by atoms with Gasteiger partial charge in [-0.05, 0) is 38.3 Å². The van der Waals surface area contributed by atoms with Crippen molar-refractivity contribution in [1.82, 2.24) is 14.9 Å². The average Bonchev–Trinajstić information content (AvgIpc) is 2.84. The van der Waals surface area contributed by atoms with E-state index < -0.39 is 23.4 Å². The Hall–Kier alpha value is -1.48. The van der Waals surface area contributed by atoms with Crippen LogP contribution in [0.25, 0.3) is 11.0 Å². The summed E-state index contributed by atoms with van der Waals surface area (Å²) in [6.07, 6.45) is 3.65. The maximum atomic E-state index is 13.9. The molecule has 2 aromatic rings. The topological polar surface area (TPSA) is 63.2 Å². The number of benzene rings is 1. The lowest BCUT2D eigenvalue weighted by atomic mass is 10.2. The molecule has 132 valence electrons. The minimum Gasteiger partial charge on any atom is -0.272 e. The molecule has 0 saturated carbocycles. The highest BCUT2D eigenvalue weighted by molar-refractivity contribution is 9.11. The van der Waals surface area contributed by atoms with Crippen LogP contribution in [0, 0.1) is 11.6 Å². The lowest BCUT2D eigenvalue weighted by Crippen LogP contribution is -2.30. The Labute approximate surface area is 159 Å². The maximum Gasteiger partial charge on any atom is 0.281 e. The lowest BCUT2D eigenvalue weighted by molar-refractivity contribution is 0.0648. The Bertz CT molecular complexity index is 839. The summed E-state index contributed by atoms with van der Waals surface area (Å²) in [6.45, 7) is 2.34. The molecule has 2 amide bonds. The second kappa shape index (κ2) is 7.03. The fourth-order valence-corrected chi connectivity index (χ4v) is 3.59. The van der Waals surface area contributed by atoms with Crippen LogP contribution in [-0.4, -0.2) is 33.2 Å². The van der Waals surface area contributed by atoms with Gasteiger partial charge >= 0.3 is 0 Å². The summed E-state index contributed by atoms with van der Waals surface area (Å²) in [5.74, 6) is -3.39. The number of carbonyl (C=O) groups excluding carboxylic acids is 2. The van der Waals surface area contributed by atoms with E-state index in [-0.39, 0.29) is 37.9 Å². The van der Waals surface area contributed by atoms with Crippen LogP contribution in [0.5, 0.6) is 0 Å². The third kappa shape index (κ3) is 2.97. The van der Waals surface area contributed by atoms with Gasteiger partial charge in [0.1, 0.15) is 11.0 Å². The molecule has 0 unspecified atom stereocenters. The fraction of sp³-hybridized carbons (Fsp3) is 0.375. The lowest BCUT2D eigenvalue weighted by Gasteiger charge is -2.12. The first-order chi connectivity index (χ1) is 11.9. The van der Waals surface area contributed by atoms with Crippen LogP contribution in [0.3, 0.4) is 0 Å². The zero-order chi connectivity index (χ0) is 18.3. The maximum absolute atomic E-state index is 13.9. The van der Waals surface area contributed by atoms with Crippen molar-refractivity contribution in [3.05, 3.63) is 32.0 Å². The number of nitrogens with zero attached hydrogens (tertiary/aromatic N) is 3. The summed E-state index contributed by atoms with van der Waals surface area (Å²) >= 11 is 5.87. The van der Waals surface area contributed by atoms with E-state index in [2.05, 4.69) is 48.8 Å². The van der Waals surface area contributed by atoms with Gasteiger partial charge in [-0.25, -0.2) is 18.7 Å². The van der Waals surface area contributed by atoms with Gasteiger partial charge < -0.3 is 0 Å². The number of halogens is 4. The van der Waals surface area contributed by atoms with Crippen molar-refractivity contribution in [3.63, 3.8) is 0 Å². The molecule has 0 fully saturated rings. The van der Waals surface area contributed by atoms with E-state index in [0.717, 1.165) is 24.2 Å². The van der Waals surface area contributed by atoms with Crippen LogP contribution in [0.2, 0.25) is 0 Å². The number of hydrogen-bond acceptors (Lipinski definition) is 4.